The van der Waals surface area contributed by atoms with Crippen LogP contribution in [0.1, 0.15) is 37.4 Å². The van der Waals surface area contributed by atoms with E-state index in [9.17, 15) is 13.2 Å². The number of nitrogens with zero attached hydrogens (tertiary/aromatic N) is 1. The van der Waals surface area contributed by atoms with E-state index in [2.05, 4.69) is 4.98 Å². The predicted octanol–water partition coefficient (Wildman–Crippen LogP) is 4.43. The first-order chi connectivity index (χ1) is 8.00. The molecule has 0 fully saturated rings. The average Bonchev–Trinajstić information content (AvgIpc) is 2.28. The normalized spacial score (nSPS) is 11.7. The smallest absolute Gasteiger partial charge is 0.244 e. The fourth-order valence-electron chi connectivity index (χ4n) is 1.85. The van der Waals surface area contributed by atoms with Crippen LogP contribution in [-0.4, -0.2) is 4.98 Å². The highest BCUT2D eigenvalue weighted by Crippen LogP contribution is 2.29. The fraction of sp³-hybridized carbons (Fsp3) is 0.308. The van der Waals surface area contributed by atoms with Crippen molar-refractivity contribution in [2.24, 2.45) is 0 Å². The number of halogens is 3. The van der Waals surface area contributed by atoms with Gasteiger partial charge in [0.15, 0.2) is 0 Å². The van der Waals surface area contributed by atoms with Gasteiger partial charge in [0.05, 0.1) is 0 Å². The van der Waals surface area contributed by atoms with Crippen molar-refractivity contribution in [2.45, 2.75) is 26.2 Å². The summed E-state index contributed by atoms with van der Waals surface area (Å²) in [4.78, 5) is 3.69. The molecule has 90 valence electrons. The molecule has 17 heavy (non-hydrogen) atoms. The van der Waals surface area contributed by atoms with Gasteiger partial charge in [-0.3, -0.25) is 0 Å². The Bertz CT molecular complexity index is 550. The maximum absolute atomic E-state index is 13.6. The first-order valence-electron chi connectivity index (χ1n) is 5.38. The molecule has 4 heteroatoms. The molecule has 0 saturated heterocycles. The Morgan fingerprint density at radius 3 is 2.47 bits per heavy atom. The molecule has 0 saturated carbocycles. The van der Waals surface area contributed by atoms with Crippen molar-refractivity contribution in [3.63, 3.8) is 0 Å². The molecular formula is C13H12F3N. The molecule has 2 rings (SSSR count). The quantitative estimate of drug-likeness (QED) is 0.755. The van der Waals surface area contributed by atoms with Crippen LogP contribution in [0.2, 0.25) is 0 Å². The van der Waals surface area contributed by atoms with Crippen LogP contribution in [0.15, 0.2) is 24.3 Å². The Balaban J connectivity index is 2.81. The Labute approximate surface area is 97.3 Å². The van der Waals surface area contributed by atoms with Crippen molar-refractivity contribution < 1.29 is 13.2 Å². The van der Waals surface area contributed by atoms with E-state index in [0.717, 1.165) is 0 Å². The molecule has 0 atom stereocenters. The molecule has 0 amide bonds. The van der Waals surface area contributed by atoms with Crippen LogP contribution in [0, 0.1) is 5.82 Å². The lowest BCUT2D eigenvalue weighted by Gasteiger charge is -2.12. The molecular weight excluding hydrogens is 227 g/mol. The van der Waals surface area contributed by atoms with Crippen molar-refractivity contribution in [1.29, 1.82) is 0 Å². The number of para-hydroxylation sites is 1. The zero-order chi connectivity index (χ0) is 12.6. The molecule has 0 aliphatic heterocycles. The van der Waals surface area contributed by atoms with E-state index in [1.807, 2.05) is 13.8 Å². The van der Waals surface area contributed by atoms with E-state index in [4.69, 9.17) is 0 Å². The number of alkyl halides is 2. The lowest BCUT2D eigenvalue weighted by atomic mass is 9.97. The summed E-state index contributed by atoms with van der Waals surface area (Å²) in [6, 6.07) is 5.86. The summed E-state index contributed by atoms with van der Waals surface area (Å²) >= 11 is 0. The summed E-state index contributed by atoms with van der Waals surface area (Å²) in [6.45, 7) is 3.77. The topological polar surface area (TPSA) is 12.9 Å². The molecule has 2 aromatic rings. The highest BCUT2D eigenvalue weighted by molar-refractivity contribution is 5.83. The van der Waals surface area contributed by atoms with Crippen molar-refractivity contribution in [1.82, 2.24) is 4.98 Å². The zero-order valence-corrected chi connectivity index (χ0v) is 9.55. The molecule has 0 unspecified atom stereocenters. The van der Waals surface area contributed by atoms with Gasteiger partial charge in [-0.05, 0) is 23.6 Å². The van der Waals surface area contributed by atoms with Crippen molar-refractivity contribution in [3.05, 3.63) is 41.3 Å². The molecule has 1 aromatic heterocycles. The molecule has 1 heterocycles. The summed E-state index contributed by atoms with van der Waals surface area (Å²) < 4.78 is 38.9. The van der Waals surface area contributed by atoms with Gasteiger partial charge in [0.1, 0.15) is 17.0 Å². The average molecular weight is 239 g/mol. The van der Waals surface area contributed by atoms with E-state index < -0.39 is 12.2 Å². The minimum atomic E-state index is -2.68. The van der Waals surface area contributed by atoms with Crippen molar-refractivity contribution in [3.8, 4) is 0 Å². The van der Waals surface area contributed by atoms with Crippen LogP contribution < -0.4 is 0 Å². The van der Waals surface area contributed by atoms with Gasteiger partial charge >= 0.3 is 0 Å². The standard InChI is InChI=1S/C13H12F3N/c1-7(2)9-6-11(13(15)16)17-12-8(9)4-3-5-10(12)14/h3-7,13H,1-2H3. The lowest BCUT2D eigenvalue weighted by molar-refractivity contribution is 0.146. The summed E-state index contributed by atoms with van der Waals surface area (Å²) in [5.41, 5.74) is 0.352. The third kappa shape index (κ3) is 2.12. The maximum Gasteiger partial charge on any atom is 0.280 e. The van der Waals surface area contributed by atoms with Crippen molar-refractivity contribution >= 4 is 10.9 Å². The first-order valence-corrected chi connectivity index (χ1v) is 5.38. The summed E-state index contributed by atoms with van der Waals surface area (Å²) in [7, 11) is 0. The van der Waals surface area contributed by atoms with Crippen LogP contribution in [0.3, 0.4) is 0 Å². The lowest BCUT2D eigenvalue weighted by Crippen LogP contribution is -1.99. The van der Waals surface area contributed by atoms with Crippen LogP contribution in [0.5, 0.6) is 0 Å². The number of benzene rings is 1. The predicted molar refractivity (Wildman–Crippen MR) is 60.7 cm³/mol. The number of hydrogen-bond acceptors (Lipinski definition) is 1. The SMILES string of the molecule is CC(C)c1cc(C(F)F)nc2c(F)cccc12. The molecule has 1 nitrogen and oxygen atoms in total. The molecule has 0 radical (unpaired) electrons. The fourth-order valence-corrected chi connectivity index (χ4v) is 1.85. The van der Waals surface area contributed by atoms with E-state index in [0.29, 0.717) is 10.9 Å². The molecule has 0 spiro atoms. The van der Waals surface area contributed by atoms with E-state index in [1.165, 1.54) is 12.1 Å². The maximum atomic E-state index is 13.6. The molecule has 0 bridgehead atoms. The van der Waals surface area contributed by atoms with Gasteiger partial charge in [0, 0.05) is 5.39 Å². The second kappa shape index (κ2) is 4.35. The van der Waals surface area contributed by atoms with Gasteiger partial charge < -0.3 is 0 Å². The van der Waals surface area contributed by atoms with E-state index in [-0.39, 0.29) is 17.1 Å². The van der Waals surface area contributed by atoms with Crippen molar-refractivity contribution in [2.75, 3.05) is 0 Å². The van der Waals surface area contributed by atoms with Crippen LogP contribution in [0.4, 0.5) is 13.2 Å². The molecule has 1 aromatic carbocycles. The highest BCUT2D eigenvalue weighted by atomic mass is 19.3. The first kappa shape index (κ1) is 11.9. The van der Waals surface area contributed by atoms with Crippen LogP contribution >= 0.6 is 0 Å². The minimum absolute atomic E-state index is 0.0222. The van der Waals surface area contributed by atoms with Gasteiger partial charge in [0.25, 0.3) is 6.43 Å². The second-order valence-electron chi connectivity index (χ2n) is 4.23. The van der Waals surface area contributed by atoms with E-state index in [1.54, 1.807) is 12.1 Å². The van der Waals surface area contributed by atoms with Gasteiger partial charge in [-0.25, -0.2) is 18.2 Å². The largest absolute Gasteiger partial charge is 0.280 e. The second-order valence-corrected chi connectivity index (χ2v) is 4.23. The Kier molecular flexibility index (Phi) is 3.05. The number of rotatable bonds is 2. The monoisotopic (exact) mass is 239 g/mol. The van der Waals surface area contributed by atoms with E-state index >= 15 is 0 Å². The number of hydrogen-bond donors (Lipinski definition) is 0. The summed E-state index contributed by atoms with van der Waals surface area (Å²) in [5.74, 6) is -0.522. The number of aromatic nitrogens is 1. The third-order valence-corrected chi connectivity index (χ3v) is 2.69. The molecule has 0 aliphatic rings. The van der Waals surface area contributed by atoms with Crippen LogP contribution in [0.25, 0.3) is 10.9 Å². The molecule has 0 aliphatic carbocycles. The minimum Gasteiger partial charge on any atom is -0.244 e. The Morgan fingerprint density at radius 1 is 1.18 bits per heavy atom. The third-order valence-electron chi connectivity index (χ3n) is 2.69. The molecule has 0 N–H and O–H groups in total. The summed E-state index contributed by atoms with van der Waals surface area (Å²) in [6.07, 6.45) is -2.68. The van der Waals surface area contributed by atoms with Crippen LogP contribution in [-0.2, 0) is 0 Å². The van der Waals surface area contributed by atoms with Gasteiger partial charge in [-0.15, -0.1) is 0 Å². The number of pyridine rings is 1. The summed E-state index contributed by atoms with van der Waals surface area (Å²) in [5, 5.41) is 0.601. The Morgan fingerprint density at radius 2 is 1.88 bits per heavy atom. The van der Waals surface area contributed by atoms with Gasteiger partial charge in [0.2, 0.25) is 0 Å². The Hall–Kier alpha value is -1.58. The highest BCUT2D eigenvalue weighted by Gasteiger charge is 2.16. The number of fused-ring (bicyclic) bond motifs is 1. The van der Waals surface area contributed by atoms with Gasteiger partial charge in [-0.2, -0.15) is 0 Å². The van der Waals surface area contributed by atoms with Gasteiger partial charge in [-0.1, -0.05) is 26.0 Å². The zero-order valence-electron chi connectivity index (χ0n) is 9.55.